The number of nitrogens with one attached hydrogen (secondary N) is 1. The predicted octanol–water partition coefficient (Wildman–Crippen LogP) is 0.0695. The van der Waals surface area contributed by atoms with Crippen molar-refractivity contribution in [2.24, 2.45) is 11.7 Å². The average molecular weight is 377 g/mol. The number of nitrogens with two attached hydrogens (primary N) is 1. The number of hydrogen-bond acceptors (Lipinski definition) is 6. The molecule has 0 spiro atoms. The van der Waals surface area contributed by atoms with Crippen molar-refractivity contribution in [1.29, 1.82) is 0 Å². The maximum atomic E-state index is 12.4. The highest BCUT2D eigenvalue weighted by Crippen LogP contribution is 2.27. The van der Waals surface area contributed by atoms with Gasteiger partial charge in [0.2, 0.25) is 17.7 Å². The van der Waals surface area contributed by atoms with Gasteiger partial charge < -0.3 is 21.1 Å². The van der Waals surface area contributed by atoms with E-state index in [2.05, 4.69) is 5.32 Å². The quantitative estimate of drug-likeness (QED) is 0.383. The molecule has 10 heteroatoms. The molecule has 1 saturated heterocycles. The summed E-state index contributed by atoms with van der Waals surface area (Å²) in [4.78, 5) is 47.1. The van der Waals surface area contributed by atoms with Crippen LogP contribution in [-0.2, 0) is 19.2 Å². The highest BCUT2D eigenvalue weighted by molar-refractivity contribution is 8.76. The molecule has 0 aliphatic carbocycles. The maximum absolute atomic E-state index is 12.4. The number of hydrogen-bond donors (Lipinski definition) is 3. The first-order valence-electron chi connectivity index (χ1n) is 7.58. The Morgan fingerprint density at radius 1 is 1.29 bits per heavy atom. The number of rotatable bonds is 9. The van der Waals surface area contributed by atoms with E-state index in [1.807, 2.05) is 0 Å². The minimum absolute atomic E-state index is 0.165. The molecule has 8 nitrogen and oxygen atoms in total. The molecule has 3 amide bonds. The SMILES string of the molecule is CC(=O)N[C@@H](CSSC[C@@H](C)C(=O)N1CCC[C@H]1C(=O)O)C(N)=O. The lowest BCUT2D eigenvalue weighted by Crippen LogP contribution is -2.45. The van der Waals surface area contributed by atoms with Gasteiger partial charge in [0, 0.05) is 30.9 Å². The molecule has 0 aromatic carbocycles. The highest BCUT2D eigenvalue weighted by Gasteiger charge is 2.35. The van der Waals surface area contributed by atoms with Gasteiger partial charge in [0.1, 0.15) is 12.1 Å². The van der Waals surface area contributed by atoms with Crippen LogP contribution in [0.1, 0.15) is 26.7 Å². The Hall–Kier alpha value is -1.42. The molecule has 24 heavy (non-hydrogen) atoms. The van der Waals surface area contributed by atoms with Crippen molar-refractivity contribution in [3.8, 4) is 0 Å². The Bertz CT molecular complexity index is 503. The van der Waals surface area contributed by atoms with Gasteiger partial charge in [-0.15, -0.1) is 0 Å². The van der Waals surface area contributed by atoms with Crippen LogP contribution in [0.15, 0.2) is 0 Å². The number of carbonyl (C=O) groups is 4. The summed E-state index contributed by atoms with van der Waals surface area (Å²) < 4.78 is 0. The van der Waals surface area contributed by atoms with Gasteiger partial charge in [-0.25, -0.2) is 4.79 Å². The fourth-order valence-electron chi connectivity index (χ4n) is 2.35. The highest BCUT2D eigenvalue weighted by atomic mass is 33.1. The Morgan fingerprint density at radius 3 is 2.46 bits per heavy atom. The summed E-state index contributed by atoms with van der Waals surface area (Å²) in [7, 11) is 2.73. The third kappa shape index (κ3) is 6.23. The van der Waals surface area contributed by atoms with Crippen molar-refractivity contribution in [2.75, 3.05) is 18.1 Å². The van der Waals surface area contributed by atoms with Crippen molar-refractivity contribution in [3.05, 3.63) is 0 Å². The van der Waals surface area contributed by atoms with E-state index in [0.717, 1.165) is 0 Å². The van der Waals surface area contributed by atoms with E-state index in [9.17, 15) is 19.2 Å². The molecule has 136 valence electrons. The van der Waals surface area contributed by atoms with Gasteiger partial charge >= 0.3 is 5.97 Å². The van der Waals surface area contributed by atoms with Crippen molar-refractivity contribution < 1.29 is 24.3 Å². The molecular weight excluding hydrogens is 354 g/mol. The van der Waals surface area contributed by atoms with Crippen LogP contribution < -0.4 is 11.1 Å². The minimum atomic E-state index is -0.963. The van der Waals surface area contributed by atoms with E-state index in [1.54, 1.807) is 6.92 Å². The number of aliphatic carboxylic acids is 1. The van der Waals surface area contributed by atoms with E-state index in [0.29, 0.717) is 30.9 Å². The summed E-state index contributed by atoms with van der Waals surface area (Å²) >= 11 is 0. The van der Waals surface area contributed by atoms with Gasteiger partial charge in [-0.3, -0.25) is 14.4 Å². The molecule has 4 N–H and O–H groups in total. The molecule has 1 aliphatic heterocycles. The van der Waals surface area contributed by atoms with Gasteiger partial charge in [-0.05, 0) is 12.8 Å². The number of carboxylic acid groups (broad SMARTS) is 1. The first-order chi connectivity index (χ1) is 11.2. The lowest BCUT2D eigenvalue weighted by Gasteiger charge is -2.24. The van der Waals surface area contributed by atoms with E-state index >= 15 is 0 Å². The molecule has 3 atom stereocenters. The molecule has 0 bridgehead atoms. The molecule has 1 aliphatic rings. The molecule has 0 saturated carbocycles. The average Bonchev–Trinajstić information content (AvgIpc) is 2.98. The Balaban J connectivity index is 2.38. The lowest BCUT2D eigenvalue weighted by molar-refractivity contribution is -0.149. The van der Waals surface area contributed by atoms with Crippen LogP contribution in [0, 0.1) is 5.92 Å². The van der Waals surface area contributed by atoms with Crippen LogP contribution in [0.4, 0.5) is 0 Å². The summed E-state index contributed by atoms with van der Waals surface area (Å²) in [6.45, 7) is 3.54. The van der Waals surface area contributed by atoms with Crippen molar-refractivity contribution in [2.45, 2.75) is 38.8 Å². The second-order valence-electron chi connectivity index (χ2n) is 5.65. The number of likely N-dealkylation sites (tertiary alicyclic amines) is 1. The van der Waals surface area contributed by atoms with Gasteiger partial charge in [-0.1, -0.05) is 28.5 Å². The van der Waals surface area contributed by atoms with Gasteiger partial charge in [0.25, 0.3) is 0 Å². The molecular formula is C14H23N3O5S2. The third-order valence-electron chi connectivity index (χ3n) is 3.60. The van der Waals surface area contributed by atoms with Gasteiger partial charge in [0.15, 0.2) is 0 Å². The fourth-order valence-corrected chi connectivity index (χ4v) is 4.87. The van der Waals surface area contributed by atoms with Gasteiger partial charge in [-0.2, -0.15) is 0 Å². The normalized spacial score (nSPS) is 19.6. The van der Waals surface area contributed by atoms with E-state index < -0.39 is 24.0 Å². The zero-order valence-electron chi connectivity index (χ0n) is 13.7. The van der Waals surface area contributed by atoms with Crippen molar-refractivity contribution in [1.82, 2.24) is 10.2 Å². The van der Waals surface area contributed by atoms with E-state index in [4.69, 9.17) is 10.8 Å². The second-order valence-corrected chi connectivity index (χ2v) is 8.21. The van der Waals surface area contributed by atoms with Crippen LogP contribution in [0.3, 0.4) is 0 Å². The zero-order valence-corrected chi connectivity index (χ0v) is 15.3. The van der Waals surface area contributed by atoms with Crippen LogP contribution in [0.25, 0.3) is 0 Å². The Labute approximate surface area is 148 Å². The van der Waals surface area contributed by atoms with Crippen LogP contribution in [0.2, 0.25) is 0 Å². The predicted molar refractivity (Wildman–Crippen MR) is 93.2 cm³/mol. The first-order valence-corrected chi connectivity index (χ1v) is 10.1. The standard InChI is InChI=1S/C14H23N3O5S2/c1-8(13(20)17-5-3-4-11(17)14(21)22)6-23-24-7-10(12(15)19)16-9(2)18/h8,10-11H,3-7H2,1-2H3,(H2,15,19)(H,16,18)(H,21,22)/t8-,10+,11+/m1/s1. The molecule has 1 fully saturated rings. The fraction of sp³-hybridized carbons (Fsp3) is 0.714. The largest absolute Gasteiger partial charge is 0.480 e. The van der Waals surface area contributed by atoms with Crippen molar-refractivity contribution >= 4 is 45.3 Å². The monoisotopic (exact) mass is 377 g/mol. The Morgan fingerprint density at radius 2 is 1.92 bits per heavy atom. The molecule has 0 aromatic rings. The smallest absolute Gasteiger partial charge is 0.326 e. The zero-order chi connectivity index (χ0) is 18.3. The molecule has 0 aromatic heterocycles. The van der Waals surface area contributed by atoms with E-state index in [1.165, 1.54) is 33.4 Å². The minimum Gasteiger partial charge on any atom is -0.480 e. The summed E-state index contributed by atoms with van der Waals surface area (Å²) in [5.41, 5.74) is 5.21. The topological polar surface area (TPSA) is 130 Å². The number of carbonyl (C=O) groups excluding carboxylic acids is 3. The summed E-state index contributed by atoms with van der Waals surface area (Å²) in [5, 5.41) is 11.6. The van der Waals surface area contributed by atoms with Gasteiger partial charge in [0.05, 0.1) is 0 Å². The van der Waals surface area contributed by atoms with Crippen LogP contribution in [0.5, 0.6) is 0 Å². The summed E-state index contributed by atoms with van der Waals surface area (Å²) in [6, 6.07) is -1.47. The summed E-state index contributed by atoms with van der Waals surface area (Å²) in [6.07, 6.45) is 1.20. The Kier molecular flexibility index (Phi) is 8.40. The number of carboxylic acids is 1. The van der Waals surface area contributed by atoms with E-state index in [-0.39, 0.29) is 17.7 Å². The first kappa shape index (κ1) is 20.6. The van der Waals surface area contributed by atoms with Crippen LogP contribution in [-0.4, -0.2) is 63.8 Å². The molecule has 0 radical (unpaired) electrons. The molecule has 1 rings (SSSR count). The summed E-state index contributed by atoms with van der Waals surface area (Å²) in [5.74, 6) is -1.60. The number of primary amides is 1. The molecule has 1 heterocycles. The number of amides is 3. The van der Waals surface area contributed by atoms with Crippen molar-refractivity contribution in [3.63, 3.8) is 0 Å². The second kappa shape index (κ2) is 9.77. The number of nitrogens with zero attached hydrogens (tertiary/aromatic N) is 1. The maximum Gasteiger partial charge on any atom is 0.326 e. The third-order valence-corrected chi connectivity index (χ3v) is 6.19. The van der Waals surface area contributed by atoms with Crippen LogP contribution >= 0.6 is 21.6 Å². The lowest BCUT2D eigenvalue weighted by atomic mass is 10.1. The molecule has 0 unspecified atom stereocenters.